The van der Waals surface area contributed by atoms with Crippen LogP contribution in [0.25, 0.3) is 0 Å². The quantitative estimate of drug-likeness (QED) is 0.440. The molecule has 0 unspecified atom stereocenters. The molecule has 0 aliphatic carbocycles. The Morgan fingerprint density at radius 1 is 0.913 bits per heavy atom. The number of carbonyl (C=O) groups is 4. The van der Waals surface area contributed by atoms with Gasteiger partial charge in [-0.15, -0.1) is 0 Å². The van der Waals surface area contributed by atoms with Gasteiger partial charge in [-0.25, -0.2) is 0 Å². The molecule has 0 aromatic heterocycles. The number of benzene rings is 1. The average molecular weight is 551 g/mol. The summed E-state index contributed by atoms with van der Waals surface area (Å²) in [6.07, 6.45) is 0. The summed E-state index contributed by atoms with van der Waals surface area (Å²) in [5, 5.41) is 0. The monoisotopic (exact) mass is 551 g/mol. The van der Waals surface area contributed by atoms with Crippen molar-refractivity contribution >= 4 is 42.6 Å². The van der Waals surface area contributed by atoms with Crippen molar-refractivity contribution in [2.24, 2.45) is 0 Å². The van der Waals surface area contributed by atoms with E-state index in [-0.39, 0.29) is 33.1 Å². The molecule has 1 aromatic rings. The summed E-state index contributed by atoms with van der Waals surface area (Å²) in [5.41, 5.74) is 0.0142. The molecule has 1 aliphatic heterocycles. The van der Waals surface area contributed by atoms with Crippen molar-refractivity contribution in [1.82, 2.24) is 0 Å². The summed E-state index contributed by atoms with van der Waals surface area (Å²) in [7, 11) is 0. The largest absolute Gasteiger partial charge is 1.00 e. The molecule has 0 radical (unpaired) electrons. The van der Waals surface area contributed by atoms with E-state index in [2.05, 4.69) is 0 Å². The van der Waals surface area contributed by atoms with Crippen LogP contribution in [0.4, 0.5) is 0 Å². The van der Waals surface area contributed by atoms with Gasteiger partial charge in [0.2, 0.25) is 0 Å². The average Bonchev–Trinajstić information content (AvgIpc) is 2.57. The molecule has 0 saturated carbocycles. The second-order valence-electron chi connectivity index (χ2n) is 4.24. The summed E-state index contributed by atoms with van der Waals surface area (Å²) in [4.78, 5) is 46.7. The van der Waals surface area contributed by atoms with E-state index in [0.717, 1.165) is 20.8 Å². The van der Waals surface area contributed by atoms with Crippen molar-refractivity contribution in [2.45, 2.75) is 20.8 Å². The van der Waals surface area contributed by atoms with Gasteiger partial charge in [-0.3, -0.25) is 0 Å². The number of halogens is 2. The second kappa shape index (κ2) is 6.59. The van der Waals surface area contributed by atoms with Crippen LogP contribution in [0.2, 0.25) is 0 Å². The van der Waals surface area contributed by atoms with Crippen LogP contribution < -0.4 is 24.0 Å². The first-order valence-electron chi connectivity index (χ1n) is 6.02. The van der Waals surface area contributed by atoms with Crippen molar-refractivity contribution in [1.29, 1.82) is 0 Å². The first-order valence-corrected chi connectivity index (χ1v) is 10.6. The second-order valence-corrected chi connectivity index (χ2v) is 11.1. The SMILES string of the molecule is CC(=O)OI1(OC(C)=O)(OC(C)=O)OC(=O)c2ccccc21.[I-]. The van der Waals surface area contributed by atoms with Crippen LogP contribution in [0.3, 0.4) is 0 Å². The van der Waals surface area contributed by atoms with Gasteiger partial charge in [-0.1, -0.05) is 0 Å². The van der Waals surface area contributed by atoms with Crippen LogP contribution in [-0.2, 0) is 26.6 Å². The predicted octanol–water partition coefficient (Wildman–Crippen LogP) is -1.04. The van der Waals surface area contributed by atoms with Crippen LogP contribution in [0.15, 0.2) is 24.3 Å². The number of fused-ring (bicyclic) bond motifs is 1. The minimum Gasteiger partial charge on any atom is -1.00 e. The molecule has 0 saturated heterocycles. The molecule has 2 rings (SSSR count). The van der Waals surface area contributed by atoms with Crippen LogP contribution in [0.1, 0.15) is 31.1 Å². The summed E-state index contributed by atoms with van der Waals surface area (Å²) in [5.74, 6) is -3.64. The molecule has 0 atom stereocenters. The van der Waals surface area contributed by atoms with Gasteiger partial charge in [0.25, 0.3) is 0 Å². The van der Waals surface area contributed by atoms with Crippen molar-refractivity contribution in [3.05, 3.63) is 33.4 Å². The number of hydrogen-bond acceptors (Lipinski definition) is 8. The molecule has 1 aliphatic rings. The Bertz CT molecular complexity index is 646. The third-order valence-electron chi connectivity index (χ3n) is 2.35. The fourth-order valence-corrected chi connectivity index (χ4v) is 9.65. The maximum absolute atomic E-state index is 12.1. The molecule has 8 nitrogen and oxygen atoms in total. The minimum absolute atomic E-state index is 0. The van der Waals surface area contributed by atoms with Crippen LogP contribution in [0.5, 0.6) is 0 Å². The zero-order valence-electron chi connectivity index (χ0n) is 12.3. The fourth-order valence-electron chi connectivity index (χ4n) is 1.88. The summed E-state index contributed by atoms with van der Waals surface area (Å²) in [6, 6.07) is 5.81. The van der Waals surface area contributed by atoms with E-state index in [1.54, 1.807) is 6.07 Å². The van der Waals surface area contributed by atoms with E-state index in [9.17, 15) is 19.2 Å². The number of hydrogen-bond donors (Lipinski definition) is 0. The van der Waals surface area contributed by atoms with Gasteiger partial charge in [-0.2, -0.15) is 0 Å². The van der Waals surface area contributed by atoms with E-state index in [0.29, 0.717) is 0 Å². The molecular weight excluding hydrogens is 538 g/mol. The Morgan fingerprint density at radius 2 is 1.35 bits per heavy atom. The molecule has 1 aromatic carbocycles. The normalized spacial score (nSPS) is 18.0. The molecule has 0 spiro atoms. The molecule has 0 bridgehead atoms. The minimum atomic E-state index is -6.03. The van der Waals surface area contributed by atoms with E-state index < -0.39 is 42.6 Å². The van der Waals surface area contributed by atoms with E-state index in [1.165, 1.54) is 18.2 Å². The number of carbonyl (C=O) groups excluding carboxylic acids is 4. The topological polar surface area (TPSA) is 105 Å². The molecular formula is C13H13I2O8-. The standard InChI is InChI=1S/C13H13IO8.HI/c1-8(15)19-14(20-9(2)16,21-10(3)17)12-7-5-4-6-11(12)13(18)22-14;/h4-7H,1-3H3;1H/p-1. The van der Waals surface area contributed by atoms with E-state index >= 15 is 0 Å². The molecule has 23 heavy (non-hydrogen) atoms. The van der Waals surface area contributed by atoms with Gasteiger partial charge in [0, 0.05) is 0 Å². The maximum Gasteiger partial charge on any atom is -1.00 e. The van der Waals surface area contributed by atoms with Gasteiger partial charge >= 0.3 is 128 Å². The Hall–Kier alpha value is -1.44. The number of rotatable bonds is 3. The van der Waals surface area contributed by atoms with Crippen LogP contribution in [-0.4, -0.2) is 23.9 Å². The Labute approximate surface area is 151 Å². The van der Waals surface area contributed by atoms with Crippen molar-refractivity contribution < 1.29 is 55.4 Å². The predicted molar refractivity (Wildman–Crippen MR) is 79.9 cm³/mol. The zero-order valence-corrected chi connectivity index (χ0v) is 16.6. The first-order chi connectivity index (χ1) is 10.2. The third-order valence-corrected chi connectivity index (χ3v) is 10.5. The van der Waals surface area contributed by atoms with Crippen molar-refractivity contribution in [3.8, 4) is 0 Å². The van der Waals surface area contributed by atoms with Gasteiger partial charge in [0.1, 0.15) is 0 Å². The summed E-state index contributed by atoms with van der Waals surface area (Å²) in [6.45, 7) is 3.07. The summed E-state index contributed by atoms with van der Waals surface area (Å²) >= 11 is -6.03. The van der Waals surface area contributed by atoms with Crippen LogP contribution in [0, 0.1) is 3.57 Å². The molecule has 0 N–H and O–H groups in total. The Balaban J connectivity index is 0.00000264. The van der Waals surface area contributed by atoms with Gasteiger partial charge < -0.3 is 24.0 Å². The Morgan fingerprint density at radius 3 is 1.78 bits per heavy atom. The van der Waals surface area contributed by atoms with E-state index in [1.807, 2.05) is 0 Å². The van der Waals surface area contributed by atoms with Crippen molar-refractivity contribution in [2.75, 3.05) is 0 Å². The molecule has 128 valence electrons. The van der Waals surface area contributed by atoms with Gasteiger partial charge in [0.05, 0.1) is 0 Å². The third kappa shape index (κ3) is 3.41. The van der Waals surface area contributed by atoms with Crippen molar-refractivity contribution in [3.63, 3.8) is 0 Å². The van der Waals surface area contributed by atoms with Gasteiger partial charge in [-0.05, 0) is 0 Å². The summed E-state index contributed by atoms with van der Waals surface area (Å²) < 4.78 is 20.5. The molecule has 10 heteroatoms. The zero-order chi connectivity index (χ0) is 16.6. The first kappa shape index (κ1) is 19.6. The molecule has 0 fully saturated rings. The van der Waals surface area contributed by atoms with Crippen LogP contribution >= 0.6 is 18.7 Å². The maximum atomic E-state index is 12.1. The van der Waals surface area contributed by atoms with E-state index in [4.69, 9.17) is 12.3 Å². The fraction of sp³-hybridized carbons (Fsp3) is 0.231. The van der Waals surface area contributed by atoms with Gasteiger partial charge in [0.15, 0.2) is 0 Å². The molecule has 1 heterocycles. The smallest absolute Gasteiger partial charge is 1.00 e. The Kier molecular flexibility index (Phi) is 5.61. The molecule has 0 amide bonds.